The van der Waals surface area contributed by atoms with Crippen LogP contribution in [0.2, 0.25) is 0 Å². The minimum atomic E-state index is -0.983. The van der Waals surface area contributed by atoms with Crippen LogP contribution in [0.15, 0.2) is 12.1 Å². The molecular weight excluding hydrogens is 1250 g/mol. The van der Waals surface area contributed by atoms with Gasteiger partial charge in [0.25, 0.3) is 0 Å². The predicted octanol–water partition coefficient (Wildman–Crippen LogP) is 5.65. The van der Waals surface area contributed by atoms with Gasteiger partial charge in [0, 0.05) is 102 Å². The summed E-state index contributed by atoms with van der Waals surface area (Å²) in [6, 6.07) is 0.898. The Balaban J connectivity index is 0.000000197. The highest BCUT2D eigenvalue weighted by atomic mass is 16.7. The van der Waals surface area contributed by atoms with Gasteiger partial charge in [-0.1, -0.05) is 39.8 Å². The minimum Gasteiger partial charge on any atom is -0.504 e. The average molecular weight is 1340 g/mol. The molecule has 8 heterocycles. The number of nitriles is 1. The number of aliphatic hydroxyl groups excluding tert-OH is 1. The van der Waals surface area contributed by atoms with Crippen LogP contribution in [0.1, 0.15) is 159 Å². The summed E-state index contributed by atoms with van der Waals surface area (Å²) in [6.07, 6.45) is 1.27. The van der Waals surface area contributed by atoms with E-state index in [1.807, 2.05) is 86.5 Å². The molecule has 0 aliphatic carbocycles. The molecule has 4 aromatic carbocycles. The number of nitrogens with one attached hydrogen (secondary N) is 4. The van der Waals surface area contributed by atoms with E-state index in [0.29, 0.717) is 118 Å². The maximum Gasteiger partial charge on any atom is 0.308 e. The number of likely N-dealkylation sites (N-methyl/N-ethyl adjacent to an activating group) is 2. The number of benzene rings is 4. The van der Waals surface area contributed by atoms with Crippen molar-refractivity contribution in [3.05, 3.63) is 78.9 Å². The molecule has 2 unspecified atom stereocenters. The van der Waals surface area contributed by atoms with Crippen LogP contribution in [0.4, 0.5) is 0 Å². The largest absolute Gasteiger partial charge is 0.504 e. The Hall–Kier alpha value is -8.61. The van der Waals surface area contributed by atoms with E-state index in [1.54, 1.807) is 13.8 Å². The molecule has 4 bridgehead atoms. The third-order valence-electron chi connectivity index (χ3n) is 20.5. The van der Waals surface area contributed by atoms with Crippen molar-refractivity contribution < 1.29 is 82.0 Å². The SMILES string of the molecule is COc1c(C)cc2c(c1O)[C@@H]1C3Cc4c(OC(C)=O)c(C)c5c(c4[C@H](CNC(=O)[C@@H](C)NC(=O)CC(C)C)N3[C@@H](C#N)[C@H](C2)N1C)OCO5.COc1c(C)cc2c(c1O)[C@@H]1C3Cc4c(OC(C)=O)c(C)c5c(c4[C@H](CNC(=O)[C@@H](C)NC(=O)CC(C)C)N3[C@@H](O)[C@H](C2)N1C)OCO5. The first kappa shape index (κ1) is 69.7. The lowest BCUT2D eigenvalue weighted by atomic mass is 9.71. The van der Waals surface area contributed by atoms with E-state index in [2.05, 4.69) is 42.0 Å². The number of hydrogen-bond acceptors (Lipinski definition) is 22. The Morgan fingerprint density at radius 3 is 1.37 bits per heavy atom. The number of hydrogen-bond donors (Lipinski definition) is 7. The number of nitrogens with zero attached hydrogens (tertiary/aromatic N) is 5. The summed E-state index contributed by atoms with van der Waals surface area (Å²) in [5.74, 6) is 1.56. The van der Waals surface area contributed by atoms with Gasteiger partial charge in [-0.25, -0.2) is 0 Å². The minimum absolute atomic E-state index is 0.0372. The molecule has 0 spiro atoms. The Kier molecular flexibility index (Phi) is 19.7. The van der Waals surface area contributed by atoms with Crippen molar-refractivity contribution in [1.82, 2.24) is 40.9 Å². The summed E-state index contributed by atoms with van der Waals surface area (Å²) < 4.78 is 46.9. The third-order valence-corrected chi connectivity index (χ3v) is 20.5. The third kappa shape index (κ3) is 12.3. The molecule has 2 saturated heterocycles. The zero-order valence-corrected chi connectivity index (χ0v) is 58.1. The second-order valence-electron chi connectivity index (χ2n) is 27.8. The summed E-state index contributed by atoms with van der Waals surface area (Å²) in [7, 11) is 6.97. The maximum atomic E-state index is 13.5. The number of ether oxygens (including phenoxy) is 8. The van der Waals surface area contributed by atoms with Crippen LogP contribution in [0.3, 0.4) is 0 Å². The summed E-state index contributed by atoms with van der Waals surface area (Å²) in [5.41, 5.74) is 8.91. The second kappa shape index (κ2) is 27.4. The molecule has 522 valence electrons. The highest BCUT2D eigenvalue weighted by Gasteiger charge is 2.59. The van der Waals surface area contributed by atoms with Gasteiger partial charge in [-0.3, -0.25) is 48.4 Å². The normalized spacial score (nSPS) is 24.4. The van der Waals surface area contributed by atoms with Gasteiger partial charge in [0.15, 0.2) is 46.0 Å². The average Bonchev–Trinajstić information content (AvgIpc) is 1.39. The molecule has 97 heavy (non-hydrogen) atoms. The topological polar surface area (TPSA) is 322 Å². The van der Waals surface area contributed by atoms with E-state index < -0.39 is 66.5 Å². The number of aryl methyl sites for hydroxylation is 2. The first-order valence-corrected chi connectivity index (χ1v) is 33.3. The van der Waals surface area contributed by atoms with Gasteiger partial charge in [0.1, 0.15) is 35.9 Å². The number of phenolic OH excluding ortho intramolecular Hbond substituents is 2. The summed E-state index contributed by atoms with van der Waals surface area (Å²) >= 11 is 0. The Labute approximate surface area is 565 Å². The fourth-order valence-electron chi connectivity index (χ4n) is 16.6. The van der Waals surface area contributed by atoms with Crippen molar-refractivity contribution in [2.24, 2.45) is 11.8 Å². The number of amides is 4. The highest BCUT2D eigenvalue weighted by molar-refractivity contribution is 5.88. The standard InChI is InChI=1S/C36H45N5O8.C35H46N4O9/c1-16(2)9-27(43)39-19(5)36(45)38-14-26-29-22(33(49-20(6)42)18(4)34-35(29)48-15-47-34)12-24-30-28-21(10-17(3)32(46-8)31(28)44)11-23(40(30)7)25(13-37)41(24)26;1-15(2)9-25(41)37-18(5)34(43)36-13-24-27-21(31(48-19(6)40)17(4)32-33(27)47-14-46-32)12-22-28-26-20(10-16(3)30(45-8)29(26)42)11-23(38(28)7)35(44)39(22)24/h10,16,19,23-26,30,44H,9,11-12,14-15H2,1-8H3,(H,38,45)(H,39,43);10,15,18,22-24,28,35,42,44H,9,11-14H2,1-8H3,(H,36,43)(H,37,41)/t19-,23+,24?,25+,26+,30+;18-,22?,23+,24+,28+,35+/m11/s1. The zero-order chi connectivity index (χ0) is 70.2. The first-order valence-electron chi connectivity index (χ1n) is 33.3. The lowest BCUT2D eigenvalue weighted by Crippen LogP contribution is -2.69. The number of fused-ring (bicyclic) bond motifs is 18. The van der Waals surface area contributed by atoms with E-state index in [4.69, 9.17) is 37.9 Å². The van der Waals surface area contributed by atoms with E-state index in [0.717, 1.165) is 33.4 Å². The van der Waals surface area contributed by atoms with Crippen LogP contribution in [0, 0.1) is 50.9 Å². The van der Waals surface area contributed by atoms with Crippen LogP contribution in [-0.4, -0.2) is 174 Å². The van der Waals surface area contributed by atoms with Crippen molar-refractivity contribution in [2.75, 3.05) is 55.0 Å². The molecular formula is C71H91N9O17. The number of aliphatic hydroxyl groups is 1. The fourth-order valence-corrected chi connectivity index (χ4v) is 16.6. The fraction of sp³-hybridized carbons (Fsp3) is 0.563. The summed E-state index contributed by atoms with van der Waals surface area (Å²) in [5, 5.41) is 58.0. The number of methoxy groups -OCH3 is 2. The second-order valence-corrected chi connectivity index (χ2v) is 27.8. The number of rotatable bonds is 16. The molecule has 7 N–H and O–H groups in total. The van der Waals surface area contributed by atoms with Gasteiger partial charge < -0.3 is 74.5 Å². The Morgan fingerprint density at radius 2 is 0.969 bits per heavy atom. The van der Waals surface area contributed by atoms with E-state index in [-0.39, 0.29) is 91.8 Å². The summed E-state index contributed by atoms with van der Waals surface area (Å²) in [6.45, 7) is 21.1. The first-order chi connectivity index (χ1) is 46.0. The van der Waals surface area contributed by atoms with Crippen molar-refractivity contribution in [1.29, 1.82) is 5.26 Å². The smallest absolute Gasteiger partial charge is 0.308 e. The monoisotopic (exact) mass is 1340 g/mol. The van der Waals surface area contributed by atoms with E-state index in [9.17, 15) is 49.3 Å². The maximum absolute atomic E-state index is 13.5. The van der Waals surface area contributed by atoms with Crippen LogP contribution < -0.4 is 59.2 Å². The predicted molar refractivity (Wildman–Crippen MR) is 352 cm³/mol. The van der Waals surface area contributed by atoms with Gasteiger partial charge in [-0.15, -0.1) is 0 Å². The van der Waals surface area contributed by atoms with Crippen molar-refractivity contribution in [2.45, 2.75) is 194 Å². The highest BCUT2D eigenvalue weighted by Crippen LogP contribution is 2.61. The van der Waals surface area contributed by atoms with Crippen LogP contribution in [0.25, 0.3) is 0 Å². The van der Waals surface area contributed by atoms with Gasteiger partial charge in [0.05, 0.1) is 50.5 Å². The zero-order valence-electron chi connectivity index (χ0n) is 58.1. The molecule has 12 atom stereocenters. The van der Waals surface area contributed by atoms with Gasteiger partial charge in [-0.2, -0.15) is 5.26 Å². The molecule has 8 aliphatic rings. The van der Waals surface area contributed by atoms with E-state index >= 15 is 0 Å². The van der Waals surface area contributed by atoms with Gasteiger partial charge >= 0.3 is 11.9 Å². The molecule has 12 rings (SSSR count). The number of piperazine rings is 2. The number of esters is 2. The van der Waals surface area contributed by atoms with Crippen LogP contribution in [0.5, 0.6) is 57.5 Å². The number of phenols is 2. The summed E-state index contributed by atoms with van der Waals surface area (Å²) in [4.78, 5) is 85.2. The quantitative estimate of drug-likeness (QED) is 0.0527. The van der Waals surface area contributed by atoms with Crippen LogP contribution in [-0.2, 0) is 54.5 Å². The molecule has 0 radical (unpaired) electrons. The molecule has 0 saturated carbocycles. The molecule has 26 nitrogen and oxygen atoms in total. The van der Waals surface area contributed by atoms with Crippen molar-refractivity contribution in [3.63, 3.8) is 0 Å². The lowest BCUT2D eigenvalue weighted by molar-refractivity contribution is -0.172. The lowest BCUT2D eigenvalue weighted by Gasteiger charge is -2.60. The molecule has 2 fully saturated rings. The Bertz CT molecular complexity index is 3910. The van der Waals surface area contributed by atoms with E-state index in [1.165, 1.54) is 28.1 Å². The Morgan fingerprint density at radius 1 is 0.577 bits per heavy atom. The molecule has 4 amide bonds. The molecule has 8 aliphatic heterocycles. The molecule has 4 aromatic rings. The number of carbonyl (C=O) groups is 6. The number of carbonyl (C=O) groups excluding carboxylic acids is 6. The van der Waals surface area contributed by atoms with Gasteiger partial charge in [-0.05, 0) is 115 Å². The van der Waals surface area contributed by atoms with Gasteiger partial charge in [0.2, 0.25) is 37.2 Å². The molecule has 26 heteroatoms. The molecule has 0 aromatic heterocycles. The van der Waals surface area contributed by atoms with Crippen molar-refractivity contribution >= 4 is 35.6 Å². The number of aromatic hydroxyl groups is 2. The van der Waals surface area contributed by atoms with Crippen LogP contribution >= 0.6 is 0 Å². The van der Waals surface area contributed by atoms with Crippen molar-refractivity contribution in [3.8, 4) is 63.6 Å².